The molecule has 2 rings (SSSR count). The molecule has 0 fully saturated rings. The van der Waals surface area contributed by atoms with Crippen molar-refractivity contribution in [3.8, 4) is 11.3 Å². The molecule has 0 spiro atoms. The molecule has 1 aromatic heterocycles. The predicted molar refractivity (Wildman–Crippen MR) is 67.0 cm³/mol. The van der Waals surface area contributed by atoms with Crippen molar-refractivity contribution in [2.45, 2.75) is 13.5 Å². The monoisotopic (exact) mass is 298 g/mol. The summed E-state index contributed by atoms with van der Waals surface area (Å²) in [7, 11) is 0. The molecule has 1 aromatic carbocycles. The topological polar surface area (TPSA) is 38.1 Å². The van der Waals surface area contributed by atoms with Crippen molar-refractivity contribution < 1.29 is 8.91 Å². The molecule has 0 saturated carbocycles. The molecule has 17 heavy (non-hydrogen) atoms. The van der Waals surface area contributed by atoms with Gasteiger partial charge in [0.1, 0.15) is 5.82 Å². The fourth-order valence-corrected chi connectivity index (χ4v) is 1.87. The first-order valence-corrected chi connectivity index (χ1v) is 6.11. The van der Waals surface area contributed by atoms with E-state index >= 15 is 0 Å². The van der Waals surface area contributed by atoms with E-state index in [4.69, 9.17) is 4.52 Å². The van der Waals surface area contributed by atoms with Crippen LogP contribution in [0.25, 0.3) is 11.3 Å². The minimum Gasteiger partial charge on any atom is -0.356 e. The second-order valence-electron chi connectivity index (χ2n) is 3.58. The Hall–Kier alpha value is -1.20. The van der Waals surface area contributed by atoms with Gasteiger partial charge in [-0.05, 0) is 24.7 Å². The number of benzene rings is 1. The Balaban J connectivity index is 2.35. The first-order chi connectivity index (χ1) is 8.22. The third kappa shape index (κ3) is 2.73. The molecule has 0 atom stereocenters. The van der Waals surface area contributed by atoms with Gasteiger partial charge in [0.15, 0.2) is 5.76 Å². The van der Waals surface area contributed by atoms with E-state index in [1.165, 1.54) is 6.07 Å². The van der Waals surface area contributed by atoms with Gasteiger partial charge in [0.05, 0.1) is 11.8 Å². The van der Waals surface area contributed by atoms with Crippen LogP contribution in [0, 0.1) is 5.82 Å². The fraction of sp³-hybridized carbons (Fsp3) is 0.250. The number of hydrogen-bond acceptors (Lipinski definition) is 3. The molecule has 0 saturated heterocycles. The Labute approximate surface area is 107 Å². The van der Waals surface area contributed by atoms with Gasteiger partial charge in [-0.25, -0.2) is 4.39 Å². The molecule has 0 bridgehead atoms. The van der Waals surface area contributed by atoms with Crippen LogP contribution in [-0.4, -0.2) is 11.7 Å². The average molecular weight is 299 g/mol. The van der Waals surface area contributed by atoms with Gasteiger partial charge in [0.2, 0.25) is 0 Å². The number of nitrogens with one attached hydrogen (secondary N) is 1. The number of rotatable bonds is 4. The van der Waals surface area contributed by atoms with Crippen molar-refractivity contribution in [2.24, 2.45) is 0 Å². The standard InChI is InChI=1S/C12H12BrFN2O/c1-2-15-6-8-7-16-17-12(8)10-4-3-9(13)5-11(10)14/h3-5,7,15H,2,6H2,1H3. The van der Waals surface area contributed by atoms with E-state index in [9.17, 15) is 4.39 Å². The maximum atomic E-state index is 13.8. The Morgan fingerprint density at radius 1 is 1.47 bits per heavy atom. The molecule has 3 nitrogen and oxygen atoms in total. The maximum absolute atomic E-state index is 13.8. The predicted octanol–water partition coefficient (Wildman–Crippen LogP) is 3.35. The zero-order valence-corrected chi connectivity index (χ0v) is 10.9. The minimum absolute atomic E-state index is 0.325. The van der Waals surface area contributed by atoms with Gasteiger partial charge in [-0.1, -0.05) is 28.0 Å². The Morgan fingerprint density at radius 2 is 2.29 bits per heavy atom. The van der Waals surface area contributed by atoms with E-state index in [2.05, 4.69) is 26.4 Å². The largest absolute Gasteiger partial charge is 0.356 e. The van der Waals surface area contributed by atoms with Crippen LogP contribution in [0.1, 0.15) is 12.5 Å². The Kier molecular flexibility index (Phi) is 3.91. The average Bonchev–Trinajstić information content (AvgIpc) is 2.74. The number of nitrogens with zero attached hydrogens (tertiary/aromatic N) is 1. The quantitative estimate of drug-likeness (QED) is 0.941. The zero-order chi connectivity index (χ0) is 12.3. The first kappa shape index (κ1) is 12.3. The van der Waals surface area contributed by atoms with Crippen molar-refractivity contribution in [3.05, 3.63) is 40.2 Å². The molecular weight excluding hydrogens is 287 g/mol. The van der Waals surface area contributed by atoms with Crippen LogP contribution < -0.4 is 5.32 Å². The summed E-state index contributed by atoms with van der Waals surface area (Å²) in [6.45, 7) is 3.46. The summed E-state index contributed by atoms with van der Waals surface area (Å²) >= 11 is 3.22. The molecule has 0 aliphatic carbocycles. The van der Waals surface area contributed by atoms with Crippen LogP contribution in [0.3, 0.4) is 0 Å². The summed E-state index contributed by atoms with van der Waals surface area (Å²) in [5.41, 5.74) is 1.28. The summed E-state index contributed by atoms with van der Waals surface area (Å²) in [5.74, 6) is 0.157. The van der Waals surface area contributed by atoms with Crippen molar-refractivity contribution in [2.75, 3.05) is 6.54 Å². The smallest absolute Gasteiger partial charge is 0.174 e. The molecule has 1 N–H and O–H groups in total. The summed E-state index contributed by atoms with van der Waals surface area (Å²) in [4.78, 5) is 0. The van der Waals surface area contributed by atoms with Crippen molar-refractivity contribution in [1.29, 1.82) is 0 Å². The normalized spacial score (nSPS) is 10.8. The van der Waals surface area contributed by atoms with E-state index < -0.39 is 0 Å². The fourth-order valence-electron chi connectivity index (χ4n) is 1.54. The van der Waals surface area contributed by atoms with Crippen LogP contribution in [0.4, 0.5) is 4.39 Å². The minimum atomic E-state index is -0.325. The van der Waals surface area contributed by atoms with E-state index in [1.807, 2.05) is 6.92 Å². The van der Waals surface area contributed by atoms with Crippen molar-refractivity contribution >= 4 is 15.9 Å². The summed E-state index contributed by atoms with van der Waals surface area (Å²) in [5, 5.41) is 6.88. The maximum Gasteiger partial charge on any atom is 0.174 e. The van der Waals surface area contributed by atoms with Crippen LogP contribution in [0.5, 0.6) is 0 Å². The highest BCUT2D eigenvalue weighted by Crippen LogP contribution is 2.28. The van der Waals surface area contributed by atoms with E-state index in [-0.39, 0.29) is 5.82 Å². The molecule has 0 unspecified atom stereocenters. The van der Waals surface area contributed by atoms with Gasteiger partial charge < -0.3 is 9.84 Å². The van der Waals surface area contributed by atoms with Crippen LogP contribution in [0.15, 0.2) is 33.4 Å². The molecule has 0 aliphatic heterocycles. The van der Waals surface area contributed by atoms with E-state index in [1.54, 1.807) is 18.3 Å². The lowest BCUT2D eigenvalue weighted by molar-refractivity contribution is 0.429. The second-order valence-corrected chi connectivity index (χ2v) is 4.50. The van der Waals surface area contributed by atoms with Gasteiger partial charge in [-0.15, -0.1) is 0 Å². The molecule has 5 heteroatoms. The SMILES string of the molecule is CCNCc1cnoc1-c1ccc(Br)cc1F. The molecule has 90 valence electrons. The van der Waals surface area contributed by atoms with Gasteiger partial charge in [-0.2, -0.15) is 0 Å². The van der Waals surface area contributed by atoms with Crippen LogP contribution >= 0.6 is 15.9 Å². The van der Waals surface area contributed by atoms with Gasteiger partial charge >= 0.3 is 0 Å². The van der Waals surface area contributed by atoms with Gasteiger partial charge in [0, 0.05) is 16.6 Å². The number of hydrogen-bond donors (Lipinski definition) is 1. The lowest BCUT2D eigenvalue weighted by atomic mass is 10.1. The number of aromatic nitrogens is 1. The molecule has 1 heterocycles. The molecule has 2 aromatic rings. The Morgan fingerprint density at radius 3 is 3.00 bits per heavy atom. The van der Waals surface area contributed by atoms with E-state index in [0.29, 0.717) is 22.3 Å². The summed E-state index contributed by atoms with van der Waals surface area (Å²) in [6, 6.07) is 4.86. The summed E-state index contributed by atoms with van der Waals surface area (Å²) < 4.78 is 19.6. The molecular formula is C12H12BrFN2O. The van der Waals surface area contributed by atoms with E-state index in [0.717, 1.165) is 12.1 Å². The molecule has 0 amide bonds. The van der Waals surface area contributed by atoms with Gasteiger partial charge in [-0.3, -0.25) is 0 Å². The third-order valence-corrected chi connectivity index (χ3v) is 2.88. The van der Waals surface area contributed by atoms with Crippen molar-refractivity contribution in [3.63, 3.8) is 0 Å². The van der Waals surface area contributed by atoms with Crippen LogP contribution in [-0.2, 0) is 6.54 Å². The first-order valence-electron chi connectivity index (χ1n) is 5.32. The highest BCUT2D eigenvalue weighted by atomic mass is 79.9. The van der Waals surface area contributed by atoms with Crippen molar-refractivity contribution in [1.82, 2.24) is 10.5 Å². The number of halogens is 2. The highest BCUT2D eigenvalue weighted by molar-refractivity contribution is 9.10. The van der Waals surface area contributed by atoms with Gasteiger partial charge in [0.25, 0.3) is 0 Å². The second kappa shape index (κ2) is 5.42. The van der Waals surface area contributed by atoms with Crippen LogP contribution in [0.2, 0.25) is 0 Å². The lowest BCUT2D eigenvalue weighted by Gasteiger charge is -2.03. The Bertz CT molecular complexity index is 513. The third-order valence-electron chi connectivity index (χ3n) is 2.39. The molecule has 0 aliphatic rings. The zero-order valence-electron chi connectivity index (χ0n) is 9.34. The molecule has 0 radical (unpaired) electrons. The summed E-state index contributed by atoms with van der Waals surface area (Å²) in [6.07, 6.45) is 1.61. The lowest BCUT2D eigenvalue weighted by Crippen LogP contribution is -2.11. The highest BCUT2D eigenvalue weighted by Gasteiger charge is 2.14.